The third kappa shape index (κ3) is 5.27. The molecule has 1 atom stereocenters. The first-order valence-electron chi connectivity index (χ1n) is 15.3. The summed E-state index contributed by atoms with van der Waals surface area (Å²) in [6, 6.07) is 5.20. The van der Waals surface area contributed by atoms with Crippen molar-refractivity contribution in [2.24, 2.45) is 5.92 Å². The van der Waals surface area contributed by atoms with Crippen LogP contribution < -0.4 is 15.1 Å². The summed E-state index contributed by atoms with van der Waals surface area (Å²) in [5.41, 5.74) is 1.83. The molecule has 5 heterocycles. The fourth-order valence-electron chi connectivity index (χ4n) is 7.46. The van der Waals surface area contributed by atoms with Gasteiger partial charge in [0.25, 0.3) is 5.91 Å². The molecule has 2 bridgehead atoms. The lowest BCUT2D eigenvalue weighted by Gasteiger charge is -2.47. The van der Waals surface area contributed by atoms with Crippen LogP contribution >= 0.6 is 0 Å². The SMILES string of the molecule is CCN(C(=O)c1cc(F)ccc1N1CCN(C2CCN(C(=O)[C@H]3NC4CCC3CC4)CC2)c2ncncc21)C(C)C. The summed E-state index contributed by atoms with van der Waals surface area (Å²) in [6.45, 7) is 9.24. The number of rotatable bonds is 6. The van der Waals surface area contributed by atoms with Crippen molar-refractivity contribution in [3.63, 3.8) is 0 Å². The molecule has 10 heteroatoms. The number of carbonyl (C=O) groups excluding carboxylic acids is 2. The highest BCUT2D eigenvalue weighted by atomic mass is 19.1. The van der Waals surface area contributed by atoms with Gasteiger partial charge in [0.05, 0.1) is 23.5 Å². The molecule has 9 nitrogen and oxygen atoms in total. The van der Waals surface area contributed by atoms with Crippen LogP contribution in [-0.4, -0.2) is 88.5 Å². The van der Waals surface area contributed by atoms with Crippen LogP contribution in [0.15, 0.2) is 30.7 Å². The number of amides is 2. The molecular weight excluding hydrogens is 521 g/mol. The van der Waals surface area contributed by atoms with Crippen LogP contribution in [0.3, 0.4) is 0 Å². The zero-order valence-electron chi connectivity index (χ0n) is 24.4. The standard InChI is InChI=1S/C31H42FN7O2/c1-4-37(20(2)3)30(40)25-17-22(32)7-10-26(25)39-16-15-38(29-27(39)18-33-19-34-29)24-11-13-36(14-12-24)31(41)28-21-5-8-23(35-28)9-6-21/h7,10,17-21,23-24,28,35H,4-6,8-9,11-16H2,1-3H3/t21?,23?,28-/m0/s1. The van der Waals surface area contributed by atoms with Gasteiger partial charge in [-0.1, -0.05) is 0 Å². The Kier molecular flexibility index (Phi) is 7.85. The number of fused-ring (bicyclic) bond motifs is 4. The number of hydrogen-bond donors (Lipinski definition) is 1. The average Bonchev–Trinajstić information content (AvgIpc) is 3.01. The van der Waals surface area contributed by atoms with E-state index >= 15 is 0 Å². The van der Waals surface area contributed by atoms with Gasteiger partial charge in [-0.05, 0) is 83.4 Å². The van der Waals surface area contributed by atoms with E-state index in [1.807, 2.05) is 20.8 Å². The van der Waals surface area contributed by atoms with E-state index in [-0.39, 0.29) is 29.9 Å². The molecule has 0 spiro atoms. The van der Waals surface area contributed by atoms with Gasteiger partial charge in [0.1, 0.15) is 17.8 Å². The average molecular weight is 564 g/mol. The fraction of sp³-hybridized carbons (Fsp3) is 0.613. The maximum atomic E-state index is 14.4. The van der Waals surface area contributed by atoms with E-state index in [1.165, 1.54) is 37.8 Å². The van der Waals surface area contributed by atoms with Gasteiger partial charge in [0.15, 0.2) is 5.82 Å². The van der Waals surface area contributed by atoms with E-state index < -0.39 is 5.82 Å². The highest BCUT2D eigenvalue weighted by Gasteiger charge is 2.42. The predicted octanol–water partition coefficient (Wildman–Crippen LogP) is 3.97. The first-order valence-corrected chi connectivity index (χ1v) is 15.3. The molecule has 0 radical (unpaired) electrons. The molecule has 4 aliphatic heterocycles. The second-order valence-corrected chi connectivity index (χ2v) is 12.2. The summed E-state index contributed by atoms with van der Waals surface area (Å²) < 4.78 is 14.4. The van der Waals surface area contributed by atoms with E-state index in [0.717, 1.165) is 37.4 Å². The second-order valence-electron chi connectivity index (χ2n) is 12.2. The van der Waals surface area contributed by atoms with Gasteiger partial charge in [-0.25, -0.2) is 14.4 Å². The van der Waals surface area contributed by atoms with Crippen molar-refractivity contribution in [3.05, 3.63) is 42.1 Å². The van der Waals surface area contributed by atoms with Crippen LogP contribution in [0.4, 0.5) is 21.6 Å². The predicted molar refractivity (Wildman–Crippen MR) is 157 cm³/mol. The Bertz CT molecular complexity index is 1270. The Morgan fingerprint density at radius 2 is 1.80 bits per heavy atom. The van der Waals surface area contributed by atoms with E-state index in [9.17, 15) is 14.0 Å². The van der Waals surface area contributed by atoms with Crippen LogP contribution in [-0.2, 0) is 4.79 Å². The molecule has 1 aromatic heterocycles. The second kappa shape index (κ2) is 11.5. The third-order valence-electron chi connectivity index (χ3n) is 9.65. The lowest BCUT2D eigenvalue weighted by atomic mass is 9.76. The Morgan fingerprint density at radius 3 is 2.46 bits per heavy atom. The number of nitrogens with one attached hydrogen (secondary N) is 1. The van der Waals surface area contributed by atoms with E-state index in [1.54, 1.807) is 23.5 Å². The van der Waals surface area contributed by atoms with E-state index in [2.05, 4.69) is 30.0 Å². The van der Waals surface area contributed by atoms with Crippen LogP contribution in [0.25, 0.3) is 0 Å². The Hall–Kier alpha value is -3.27. The molecule has 1 aliphatic carbocycles. The van der Waals surface area contributed by atoms with E-state index in [4.69, 9.17) is 0 Å². The van der Waals surface area contributed by atoms with Gasteiger partial charge >= 0.3 is 0 Å². The molecule has 1 N–H and O–H groups in total. The van der Waals surface area contributed by atoms with Gasteiger partial charge in [-0.2, -0.15) is 0 Å². The highest BCUT2D eigenvalue weighted by molar-refractivity contribution is 6.01. The minimum atomic E-state index is -0.433. The summed E-state index contributed by atoms with van der Waals surface area (Å²) >= 11 is 0. The molecule has 7 rings (SSSR count). The molecule has 1 saturated carbocycles. The number of aromatic nitrogens is 2. The van der Waals surface area contributed by atoms with Gasteiger partial charge in [0.2, 0.25) is 5.91 Å². The van der Waals surface area contributed by atoms with Gasteiger partial charge in [-0.15, -0.1) is 0 Å². The monoisotopic (exact) mass is 563 g/mol. The first kappa shape index (κ1) is 27.9. The zero-order valence-corrected chi connectivity index (χ0v) is 24.4. The van der Waals surface area contributed by atoms with Crippen LogP contribution in [0.2, 0.25) is 0 Å². The Balaban J connectivity index is 1.20. The number of piperidine rings is 3. The normalized spacial score (nSPS) is 24.5. The highest BCUT2D eigenvalue weighted by Crippen LogP contribution is 2.40. The minimum Gasteiger partial charge on any atom is -0.350 e. The van der Waals surface area contributed by atoms with Crippen molar-refractivity contribution in [3.8, 4) is 0 Å². The van der Waals surface area contributed by atoms with Crippen molar-refractivity contribution in [2.75, 3.05) is 42.5 Å². The smallest absolute Gasteiger partial charge is 0.256 e. The molecule has 1 aromatic carbocycles. The van der Waals surface area contributed by atoms with Gasteiger partial charge < -0.3 is 24.9 Å². The first-order chi connectivity index (χ1) is 19.9. The fourth-order valence-corrected chi connectivity index (χ4v) is 7.46. The zero-order chi connectivity index (χ0) is 28.7. The largest absolute Gasteiger partial charge is 0.350 e. The number of likely N-dealkylation sites (tertiary alicyclic amines) is 1. The van der Waals surface area contributed by atoms with Crippen molar-refractivity contribution in [1.82, 2.24) is 25.1 Å². The Labute approximate surface area is 242 Å². The molecule has 5 aliphatic rings. The summed E-state index contributed by atoms with van der Waals surface area (Å²) in [4.78, 5) is 44.2. The van der Waals surface area contributed by atoms with Crippen LogP contribution in [0.5, 0.6) is 0 Å². The number of halogens is 1. The molecule has 2 amide bonds. The van der Waals surface area contributed by atoms with Crippen molar-refractivity contribution < 1.29 is 14.0 Å². The maximum absolute atomic E-state index is 14.4. The molecular formula is C31H42FN7O2. The van der Waals surface area contributed by atoms with Gasteiger partial charge in [0, 0.05) is 50.8 Å². The number of benzene rings is 1. The lowest BCUT2D eigenvalue weighted by Crippen LogP contribution is -2.61. The molecule has 0 unspecified atom stereocenters. The Morgan fingerprint density at radius 1 is 1.05 bits per heavy atom. The lowest BCUT2D eigenvalue weighted by molar-refractivity contribution is -0.138. The minimum absolute atomic E-state index is 0.00197. The van der Waals surface area contributed by atoms with Crippen molar-refractivity contribution in [2.45, 2.75) is 83.5 Å². The van der Waals surface area contributed by atoms with Crippen LogP contribution in [0, 0.1) is 11.7 Å². The maximum Gasteiger partial charge on any atom is 0.256 e. The van der Waals surface area contributed by atoms with Crippen molar-refractivity contribution >= 4 is 29.0 Å². The van der Waals surface area contributed by atoms with Gasteiger partial charge in [-0.3, -0.25) is 9.59 Å². The third-order valence-corrected chi connectivity index (χ3v) is 9.65. The van der Waals surface area contributed by atoms with E-state index in [0.29, 0.717) is 42.8 Å². The molecule has 220 valence electrons. The number of carbonyl (C=O) groups is 2. The molecule has 2 aromatic rings. The summed E-state index contributed by atoms with van der Waals surface area (Å²) in [6.07, 6.45) is 9.85. The van der Waals surface area contributed by atoms with Crippen LogP contribution in [0.1, 0.15) is 69.7 Å². The summed E-state index contributed by atoms with van der Waals surface area (Å²) in [7, 11) is 0. The summed E-state index contributed by atoms with van der Waals surface area (Å²) in [5.74, 6) is 0.964. The molecule has 3 saturated heterocycles. The van der Waals surface area contributed by atoms with Crippen molar-refractivity contribution in [1.29, 1.82) is 0 Å². The molecule has 4 fully saturated rings. The topological polar surface area (TPSA) is 84.9 Å². The quantitative estimate of drug-likeness (QED) is 0.570. The molecule has 41 heavy (non-hydrogen) atoms. The number of anilines is 3. The number of hydrogen-bond acceptors (Lipinski definition) is 7. The number of nitrogens with zero attached hydrogens (tertiary/aromatic N) is 6. The summed E-state index contributed by atoms with van der Waals surface area (Å²) in [5, 5.41) is 3.62.